The molecule has 0 spiro atoms. The molecule has 2 rings (SSSR count). The molecule has 0 unspecified atom stereocenters. The molecule has 2 aromatic carbocycles. The first kappa shape index (κ1) is 14.1. The molecule has 0 amide bonds. The summed E-state index contributed by atoms with van der Waals surface area (Å²) in [6.45, 7) is 0. The number of rotatable bonds is 4. The minimum atomic E-state index is -0.703. The third kappa shape index (κ3) is 3.38. The maximum Gasteiger partial charge on any atom is 0.285 e. The number of hydrogen-bond donors (Lipinski definition) is 1. The Morgan fingerprint density at radius 3 is 2.24 bits per heavy atom. The van der Waals surface area contributed by atoms with Gasteiger partial charge >= 0.3 is 0 Å². The summed E-state index contributed by atoms with van der Waals surface area (Å²) in [4.78, 5) is 24.2. The number of benzene rings is 2. The Hall–Kier alpha value is -3.29. The largest absolute Gasteiger partial charge is 0.508 e. The van der Waals surface area contributed by atoms with Crippen molar-refractivity contribution < 1.29 is 15.0 Å². The average Bonchev–Trinajstić information content (AvgIpc) is 2.46. The van der Waals surface area contributed by atoms with Crippen LogP contribution in [0.2, 0.25) is 0 Å². The quantitative estimate of drug-likeness (QED) is 0.526. The Morgan fingerprint density at radius 2 is 1.67 bits per heavy atom. The van der Waals surface area contributed by atoms with Crippen LogP contribution in [0, 0.1) is 20.2 Å². The number of phenolic OH excluding ortho intramolecular Hbond substituents is 1. The molecule has 0 aliphatic carbocycles. The Labute approximate surface area is 118 Å². The van der Waals surface area contributed by atoms with E-state index in [0.29, 0.717) is 5.69 Å². The fourth-order valence-electron chi connectivity index (χ4n) is 1.60. The van der Waals surface area contributed by atoms with Gasteiger partial charge in [-0.1, -0.05) is 0 Å². The summed E-state index contributed by atoms with van der Waals surface area (Å²) in [7, 11) is 0. The highest BCUT2D eigenvalue weighted by molar-refractivity contribution is 5.87. The van der Waals surface area contributed by atoms with Crippen LogP contribution in [0.25, 0.3) is 0 Å². The minimum Gasteiger partial charge on any atom is -0.508 e. The van der Waals surface area contributed by atoms with E-state index in [4.69, 9.17) is 5.11 Å². The first-order chi connectivity index (χ1) is 9.97. The molecule has 8 nitrogen and oxygen atoms in total. The zero-order valence-corrected chi connectivity index (χ0v) is 10.5. The second-order valence-electron chi connectivity index (χ2n) is 4.03. The van der Waals surface area contributed by atoms with Gasteiger partial charge in [0.2, 0.25) is 0 Å². The highest BCUT2D eigenvalue weighted by atomic mass is 16.6. The van der Waals surface area contributed by atoms with E-state index in [0.717, 1.165) is 6.07 Å². The Balaban J connectivity index is 2.37. The number of nitro benzene ring substituents is 2. The Morgan fingerprint density at radius 1 is 1.00 bits per heavy atom. The van der Waals surface area contributed by atoms with E-state index in [-0.39, 0.29) is 17.0 Å². The fourth-order valence-corrected chi connectivity index (χ4v) is 1.60. The fraction of sp³-hybridized carbons (Fsp3) is 0. The van der Waals surface area contributed by atoms with Crippen LogP contribution in [-0.4, -0.2) is 21.2 Å². The van der Waals surface area contributed by atoms with Crippen molar-refractivity contribution >= 4 is 23.3 Å². The van der Waals surface area contributed by atoms with E-state index in [2.05, 4.69) is 4.99 Å². The SMILES string of the molecule is O=[N+]([O-])c1ccc(C=Nc2ccc(O)cc2)c([N+](=O)[O-])c1. The van der Waals surface area contributed by atoms with Crippen molar-refractivity contribution in [3.63, 3.8) is 0 Å². The highest BCUT2D eigenvalue weighted by Gasteiger charge is 2.18. The normalized spacial score (nSPS) is 10.7. The van der Waals surface area contributed by atoms with Gasteiger partial charge in [0.15, 0.2) is 0 Å². The van der Waals surface area contributed by atoms with E-state index >= 15 is 0 Å². The maximum absolute atomic E-state index is 10.9. The summed E-state index contributed by atoms with van der Waals surface area (Å²) in [5, 5.41) is 30.7. The molecule has 0 bridgehead atoms. The van der Waals surface area contributed by atoms with Crippen LogP contribution >= 0.6 is 0 Å². The molecule has 21 heavy (non-hydrogen) atoms. The van der Waals surface area contributed by atoms with Crippen LogP contribution < -0.4 is 0 Å². The van der Waals surface area contributed by atoms with Crippen molar-refractivity contribution in [2.75, 3.05) is 0 Å². The maximum atomic E-state index is 10.9. The lowest BCUT2D eigenvalue weighted by Gasteiger charge is -1.98. The topological polar surface area (TPSA) is 119 Å². The molecule has 0 atom stereocenters. The molecule has 0 radical (unpaired) electrons. The Kier molecular flexibility index (Phi) is 3.89. The number of phenols is 1. The first-order valence-electron chi connectivity index (χ1n) is 5.73. The predicted octanol–water partition coefficient (Wildman–Crippen LogP) is 2.96. The van der Waals surface area contributed by atoms with Gasteiger partial charge in [0.25, 0.3) is 11.4 Å². The van der Waals surface area contributed by atoms with E-state index < -0.39 is 15.5 Å². The van der Waals surface area contributed by atoms with Gasteiger partial charge in [0, 0.05) is 12.3 Å². The molecule has 0 heterocycles. The molecule has 8 heteroatoms. The van der Waals surface area contributed by atoms with Crippen LogP contribution in [0.4, 0.5) is 17.1 Å². The molecular weight excluding hydrogens is 278 g/mol. The molecular formula is C13H9N3O5. The molecule has 0 fully saturated rings. The van der Waals surface area contributed by atoms with Crippen LogP contribution in [-0.2, 0) is 0 Å². The van der Waals surface area contributed by atoms with Gasteiger partial charge in [0.05, 0.1) is 27.2 Å². The number of aliphatic imine (C=N–C) groups is 1. The van der Waals surface area contributed by atoms with E-state index in [1.54, 1.807) is 0 Å². The van der Waals surface area contributed by atoms with Gasteiger partial charge in [-0.15, -0.1) is 0 Å². The molecule has 2 aromatic rings. The van der Waals surface area contributed by atoms with Gasteiger partial charge in [0.1, 0.15) is 5.75 Å². The molecule has 0 aliphatic heterocycles. The predicted molar refractivity (Wildman–Crippen MR) is 75.1 cm³/mol. The third-order valence-electron chi connectivity index (χ3n) is 2.62. The molecule has 0 aliphatic rings. The lowest BCUT2D eigenvalue weighted by molar-refractivity contribution is -0.394. The Bertz CT molecular complexity index is 725. The van der Waals surface area contributed by atoms with E-state index in [1.165, 1.54) is 42.6 Å². The number of aromatic hydroxyl groups is 1. The molecule has 106 valence electrons. The van der Waals surface area contributed by atoms with E-state index in [1.807, 2.05) is 0 Å². The summed E-state index contributed by atoms with van der Waals surface area (Å²) in [5.41, 5.74) is -0.116. The van der Waals surface area contributed by atoms with Crippen molar-refractivity contribution in [3.8, 4) is 5.75 Å². The first-order valence-corrected chi connectivity index (χ1v) is 5.73. The van der Waals surface area contributed by atoms with Crippen molar-refractivity contribution in [1.29, 1.82) is 0 Å². The number of nitrogens with zero attached hydrogens (tertiary/aromatic N) is 3. The van der Waals surface area contributed by atoms with Gasteiger partial charge in [-0.25, -0.2) is 0 Å². The van der Waals surface area contributed by atoms with Gasteiger partial charge in [-0.2, -0.15) is 0 Å². The summed E-state index contributed by atoms with van der Waals surface area (Å²) in [6, 6.07) is 9.24. The summed E-state index contributed by atoms with van der Waals surface area (Å²) >= 11 is 0. The lowest BCUT2D eigenvalue weighted by Crippen LogP contribution is -1.97. The second-order valence-corrected chi connectivity index (χ2v) is 4.03. The zero-order valence-electron chi connectivity index (χ0n) is 10.5. The summed E-state index contributed by atoms with van der Waals surface area (Å²) in [5.74, 6) is 0.0790. The van der Waals surface area contributed by atoms with Crippen LogP contribution in [0.5, 0.6) is 5.75 Å². The minimum absolute atomic E-state index is 0.0790. The standard InChI is InChI=1S/C13H9N3O5/c17-12-5-2-10(3-6-12)14-8-9-1-4-11(15(18)19)7-13(9)16(20)21/h1-8,17H. The van der Waals surface area contributed by atoms with Crippen molar-refractivity contribution in [2.24, 2.45) is 4.99 Å². The van der Waals surface area contributed by atoms with Crippen LogP contribution in [0.15, 0.2) is 47.5 Å². The van der Waals surface area contributed by atoms with Crippen LogP contribution in [0.1, 0.15) is 5.56 Å². The van der Waals surface area contributed by atoms with Gasteiger partial charge in [-0.3, -0.25) is 25.2 Å². The second kappa shape index (κ2) is 5.78. The van der Waals surface area contributed by atoms with Gasteiger partial charge < -0.3 is 5.11 Å². The van der Waals surface area contributed by atoms with Gasteiger partial charge in [-0.05, 0) is 30.3 Å². The van der Waals surface area contributed by atoms with Crippen LogP contribution in [0.3, 0.4) is 0 Å². The number of non-ortho nitro benzene ring substituents is 1. The average molecular weight is 287 g/mol. The summed E-state index contributed by atoms with van der Waals surface area (Å²) in [6.07, 6.45) is 1.24. The number of nitro groups is 2. The smallest absolute Gasteiger partial charge is 0.285 e. The van der Waals surface area contributed by atoms with Crippen molar-refractivity contribution in [2.45, 2.75) is 0 Å². The highest BCUT2D eigenvalue weighted by Crippen LogP contribution is 2.24. The molecule has 0 saturated heterocycles. The van der Waals surface area contributed by atoms with Crippen molar-refractivity contribution in [1.82, 2.24) is 0 Å². The third-order valence-corrected chi connectivity index (χ3v) is 2.62. The molecule has 0 aromatic heterocycles. The van der Waals surface area contributed by atoms with E-state index in [9.17, 15) is 20.2 Å². The lowest BCUT2D eigenvalue weighted by atomic mass is 10.2. The molecule has 0 saturated carbocycles. The summed E-state index contributed by atoms with van der Waals surface area (Å²) < 4.78 is 0. The molecule has 1 N–H and O–H groups in total. The van der Waals surface area contributed by atoms with Crippen molar-refractivity contribution in [3.05, 3.63) is 68.3 Å². The number of hydrogen-bond acceptors (Lipinski definition) is 6. The zero-order chi connectivity index (χ0) is 15.4. The monoisotopic (exact) mass is 287 g/mol.